The number of aliphatic hydroxyl groups is 1. The maximum atomic E-state index is 11.9. The fourth-order valence-corrected chi connectivity index (χ4v) is 1.65. The second-order valence-electron chi connectivity index (χ2n) is 3.91. The Hall–Kier alpha value is -1.99. The summed E-state index contributed by atoms with van der Waals surface area (Å²) in [6, 6.07) is 0. The van der Waals surface area contributed by atoms with Crippen LogP contribution in [-0.2, 0) is 4.74 Å². The molecule has 0 aliphatic carbocycles. The van der Waals surface area contributed by atoms with Crippen LogP contribution in [0.2, 0.25) is 0 Å². The molecule has 0 aromatic carbocycles. The minimum absolute atomic E-state index is 0.0156. The molecule has 0 saturated heterocycles. The largest absolute Gasteiger partial charge is 0.394 e. The number of ether oxygens (including phenoxy) is 1. The van der Waals surface area contributed by atoms with Crippen molar-refractivity contribution in [1.29, 1.82) is 0 Å². The quantitative estimate of drug-likeness (QED) is 0.679. The first-order valence-corrected chi connectivity index (χ1v) is 6.07. The highest BCUT2D eigenvalue weighted by Crippen LogP contribution is 2.07. The van der Waals surface area contributed by atoms with Gasteiger partial charge in [-0.2, -0.15) is 5.10 Å². The van der Waals surface area contributed by atoms with Gasteiger partial charge in [0, 0.05) is 25.5 Å². The number of aromatic nitrogens is 3. The highest BCUT2D eigenvalue weighted by molar-refractivity contribution is 6.00. The third-order valence-corrected chi connectivity index (χ3v) is 2.56. The van der Waals surface area contributed by atoms with Gasteiger partial charge in [0.1, 0.15) is 0 Å². The zero-order valence-corrected chi connectivity index (χ0v) is 10.5. The summed E-state index contributed by atoms with van der Waals surface area (Å²) in [6.45, 7) is 1.37. The van der Waals surface area contributed by atoms with Crippen LogP contribution in [0, 0.1) is 0 Å². The van der Waals surface area contributed by atoms with Gasteiger partial charge in [0.2, 0.25) is 0 Å². The monoisotopic (exact) mass is 264 g/mol. The molecule has 2 aromatic heterocycles. The van der Waals surface area contributed by atoms with E-state index in [9.17, 15) is 4.79 Å². The standard InChI is InChI=1S/C12H16N4O3/c17-5-7-19-6-1-2-14-12(18)10-8-15-16-4-3-13-9-11(10)16/h3-4,8-9,17H,1-2,5-7H2,(H,14,18). The molecule has 0 radical (unpaired) electrons. The molecule has 2 N–H and O–H groups in total. The van der Waals surface area contributed by atoms with Crippen LogP contribution in [0.1, 0.15) is 16.8 Å². The zero-order valence-electron chi connectivity index (χ0n) is 10.5. The normalized spacial score (nSPS) is 10.8. The molecule has 1 amide bonds. The zero-order chi connectivity index (χ0) is 13.5. The molecule has 0 aliphatic rings. The lowest BCUT2D eigenvalue weighted by Gasteiger charge is -2.04. The topological polar surface area (TPSA) is 88.8 Å². The van der Waals surface area contributed by atoms with Crippen LogP contribution in [0.3, 0.4) is 0 Å². The van der Waals surface area contributed by atoms with Gasteiger partial charge in [-0.1, -0.05) is 0 Å². The molecule has 2 rings (SSSR count). The Balaban J connectivity index is 1.83. The Labute approximate surface area is 110 Å². The second kappa shape index (κ2) is 6.81. The van der Waals surface area contributed by atoms with Crippen LogP contribution in [0.5, 0.6) is 0 Å². The van der Waals surface area contributed by atoms with Crippen molar-refractivity contribution < 1.29 is 14.6 Å². The fraction of sp³-hybridized carbons (Fsp3) is 0.417. The first-order chi connectivity index (χ1) is 9.33. The van der Waals surface area contributed by atoms with Crippen molar-refractivity contribution in [2.45, 2.75) is 6.42 Å². The van der Waals surface area contributed by atoms with E-state index in [1.807, 2.05) is 0 Å². The number of nitrogens with zero attached hydrogens (tertiary/aromatic N) is 3. The maximum Gasteiger partial charge on any atom is 0.255 e. The Bertz CT molecular complexity index is 541. The highest BCUT2D eigenvalue weighted by atomic mass is 16.5. The number of carbonyl (C=O) groups is 1. The predicted octanol–water partition coefficient (Wildman–Crippen LogP) is -0.142. The first kappa shape index (κ1) is 13.4. The molecule has 102 valence electrons. The number of hydrogen-bond acceptors (Lipinski definition) is 5. The van der Waals surface area contributed by atoms with Crippen molar-refractivity contribution in [2.75, 3.05) is 26.4 Å². The summed E-state index contributed by atoms with van der Waals surface area (Å²) in [6.07, 6.45) is 7.12. The number of aliphatic hydroxyl groups excluding tert-OH is 1. The lowest BCUT2D eigenvalue weighted by molar-refractivity contribution is 0.0868. The van der Waals surface area contributed by atoms with Gasteiger partial charge in [0.25, 0.3) is 5.91 Å². The Morgan fingerprint density at radius 1 is 1.42 bits per heavy atom. The summed E-state index contributed by atoms with van der Waals surface area (Å²) in [5.41, 5.74) is 1.18. The summed E-state index contributed by atoms with van der Waals surface area (Å²) < 4.78 is 6.70. The molecule has 0 aliphatic heterocycles. The smallest absolute Gasteiger partial charge is 0.255 e. The molecule has 0 unspecified atom stereocenters. The molecular weight excluding hydrogens is 248 g/mol. The number of carbonyl (C=O) groups excluding carboxylic acids is 1. The van der Waals surface area contributed by atoms with Crippen LogP contribution in [0.4, 0.5) is 0 Å². The molecule has 0 bridgehead atoms. The van der Waals surface area contributed by atoms with Gasteiger partial charge in [-0.3, -0.25) is 9.78 Å². The number of fused-ring (bicyclic) bond motifs is 1. The van der Waals surface area contributed by atoms with Crippen LogP contribution in [-0.4, -0.2) is 52.0 Å². The van der Waals surface area contributed by atoms with Gasteiger partial charge in [-0.15, -0.1) is 0 Å². The van der Waals surface area contributed by atoms with Gasteiger partial charge in [0.15, 0.2) is 0 Å². The number of amides is 1. The van der Waals surface area contributed by atoms with Gasteiger partial charge in [0.05, 0.1) is 36.7 Å². The van der Waals surface area contributed by atoms with E-state index in [0.29, 0.717) is 37.3 Å². The van der Waals surface area contributed by atoms with Crippen LogP contribution in [0.25, 0.3) is 5.52 Å². The van der Waals surface area contributed by atoms with Crippen molar-refractivity contribution in [3.05, 3.63) is 30.4 Å². The van der Waals surface area contributed by atoms with E-state index in [1.54, 1.807) is 23.1 Å². The van der Waals surface area contributed by atoms with E-state index in [2.05, 4.69) is 15.4 Å². The fourth-order valence-electron chi connectivity index (χ4n) is 1.65. The first-order valence-electron chi connectivity index (χ1n) is 6.07. The van der Waals surface area contributed by atoms with Crippen molar-refractivity contribution in [3.63, 3.8) is 0 Å². The van der Waals surface area contributed by atoms with Gasteiger partial charge in [-0.05, 0) is 6.42 Å². The van der Waals surface area contributed by atoms with E-state index in [1.165, 1.54) is 6.20 Å². The maximum absolute atomic E-state index is 11.9. The SMILES string of the molecule is O=C(NCCCOCCO)c1cnn2ccncc12. The summed E-state index contributed by atoms with van der Waals surface area (Å²) >= 11 is 0. The van der Waals surface area contributed by atoms with Crippen molar-refractivity contribution in [1.82, 2.24) is 19.9 Å². The Morgan fingerprint density at radius 3 is 3.16 bits per heavy atom. The molecular formula is C12H16N4O3. The lowest BCUT2D eigenvalue weighted by atomic mass is 10.2. The van der Waals surface area contributed by atoms with Gasteiger partial charge in [-0.25, -0.2) is 4.52 Å². The lowest BCUT2D eigenvalue weighted by Crippen LogP contribution is -2.25. The predicted molar refractivity (Wildman–Crippen MR) is 67.8 cm³/mol. The van der Waals surface area contributed by atoms with E-state index in [-0.39, 0.29) is 12.5 Å². The molecule has 2 heterocycles. The minimum atomic E-state index is -0.176. The van der Waals surface area contributed by atoms with Gasteiger partial charge < -0.3 is 15.2 Å². The highest BCUT2D eigenvalue weighted by Gasteiger charge is 2.11. The van der Waals surface area contributed by atoms with Crippen LogP contribution < -0.4 is 5.32 Å². The van der Waals surface area contributed by atoms with E-state index in [0.717, 1.165) is 0 Å². The average Bonchev–Trinajstić information content (AvgIpc) is 2.86. The van der Waals surface area contributed by atoms with Crippen LogP contribution in [0.15, 0.2) is 24.8 Å². The molecule has 0 spiro atoms. The molecule has 0 saturated carbocycles. The van der Waals surface area contributed by atoms with Gasteiger partial charge >= 0.3 is 0 Å². The Kier molecular flexibility index (Phi) is 4.82. The Morgan fingerprint density at radius 2 is 2.32 bits per heavy atom. The van der Waals surface area contributed by atoms with E-state index < -0.39 is 0 Å². The van der Waals surface area contributed by atoms with Crippen molar-refractivity contribution in [3.8, 4) is 0 Å². The molecule has 0 atom stereocenters. The second-order valence-corrected chi connectivity index (χ2v) is 3.91. The summed E-state index contributed by atoms with van der Waals surface area (Å²) in [5.74, 6) is -0.176. The molecule has 2 aromatic rings. The van der Waals surface area contributed by atoms with Crippen molar-refractivity contribution >= 4 is 11.4 Å². The number of hydrogen-bond donors (Lipinski definition) is 2. The third-order valence-electron chi connectivity index (χ3n) is 2.56. The number of rotatable bonds is 7. The van der Waals surface area contributed by atoms with E-state index in [4.69, 9.17) is 9.84 Å². The minimum Gasteiger partial charge on any atom is -0.394 e. The summed E-state index contributed by atoms with van der Waals surface area (Å²) in [5, 5.41) is 15.4. The summed E-state index contributed by atoms with van der Waals surface area (Å²) in [4.78, 5) is 15.9. The third kappa shape index (κ3) is 3.49. The van der Waals surface area contributed by atoms with Crippen molar-refractivity contribution in [2.24, 2.45) is 0 Å². The summed E-state index contributed by atoms with van der Waals surface area (Å²) in [7, 11) is 0. The van der Waals surface area contributed by atoms with Crippen LogP contribution >= 0.6 is 0 Å². The molecule has 0 fully saturated rings. The molecule has 7 heteroatoms. The molecule has 19 heavy (non-hydrogen) atoms. The number of nitrogens with one attached hydrogen (secondary N) is 1. The van der Waals surface area contributed by atoms with E-state index >= 15 is 0 Å². The molecule has 7 nitrogen and oxygen atoms in total. The average molecular weight is 264 g/mol.